The average molecular weight is 231 g/mol. The molecule has 1 N–H and O–H groups in total. The van der Waals surface area contributed by atoms with Crippen molar-refractivity contribution in [2.75, 3.05) is 7.11 Å². The van der Waals surface area contributed by atoms with E-state index in [0.29, 0.717) is 0 Å². The van der Waals surface area contributed by atoms with Crippen LogP contribution in [0.1, 0.15) is 17.0 Å². The van der Waals surface area contributed by atoms with Gasteiger partial charge in [0.1, 0.15) is 5.75 Å². The Labute approximate surface area is 101 Å². The number of aliphatic hydroxyl groups is 1. The van der Waals surface area contributed by atoms with Crippen molar-refractivity contribution in [2.45, 2.75) is 20.5 Å². The first-order valence-electron chi connectivity index (χ1n) is 5.60. The molecule has 1 heterocycles. The number of aliphatic hydroxyl groups excluding tert-OH is 1. The molecule has 0 saturated heterocycles. The first-order chi connectivity index (χ1) is 8.17. The molecule has 1 aromatic carbocycles. The second kappa shape index (κ2) is 4.63. The van der Waals surface area contributed by atoms with Crippen molar-refractivity contribution in [3.8, 4) is 11.4 Å². The number of methoxy groups -OCH3 is 1. The summed E-state index contributed by atoms with van der Waals surface area (Å²) < 4.78 is 7.44. The normalized spacial score (nSPS) is 10.6. The third-order valence-electron chi connectivity index (χ3n) is 2.97. The Kier molecular flexibility index (Phi) is 3.20. The van der Waals surface area contributed by atoms with Gasteiger partial charge in [0.2, 0.25) is 0 Å². The van der Waals surface area contributed by atoms with Crippen LogP contribution < -0.4 is 4.74 Å². The number of hydrogen-bond acceptors (Lipinski definition) is 2. The van der Waals surface area contributed by atoms with E-state index in [2.05, 4.69) is 30.5 Å². The highest BCUT2D eigenvalue weighted by Crippen LogP contribution is 2.24. The lowest BCUT2D eigenvalue weighted by Gasteiger charge is -2.13. The van der Waals surface area contributed by atoms with Crippen LogP contribution in [0.5, 0.6) is 5.75 Å². The van der Waals surface area contributed by atoms with Gasteiger partial charge in [0.25, 0.3) is 0 Å². The maximum atomic E-state index is 9.19. The van der Waals surface area contributed by atoms with Crippen LogP contribution in [0.2, 0.25) is 0 Å². The SMILES string of the molecule is COc1cc(-n2c(C)ccc2C)ccc1CO. The molecule has 2 aromatic rings. The number of aryl methyl sites for hydroxylation is 2. The molecule has 2 rings (SSSR count). The summed E-state index contributed by atoms with van der Waals surface area (Å²) in [6, 6.07) is 10.0. The van der Waals surface area contributed by atoms with Crippen LogP contribution in [0, 0.1) is 13.8 Å². The fourth-order valence-electron chi connectivity index (χ4n) is 2.08. The minimum absolute atomic E-state index is 0.00685. The lowest BCUT2D eigenvalue weighted by atomic mass is 10.2. The van der Waals surface area contributed by atoms with Crippen molar-refractivity contribution < 1.29 is 9.84 Å². The Bertz CT molecular complexity index is 510. The minimum Gasteiger partial charge on any atom is -0.496 e. The molecule has 0 bridgehead atoms. The van der Waals surface area contributed by atoms with E-state index in [-0.39, 0.29) is 6.61 Å². The molecule has 90 valence electrons. The van der Waals surface area contributed by atoms with Crippen molar-refractivity contribution in [1.29, 1.82) is 0 Å². The predicted octanol–water partition coefficient (Wildman–Crippen LogP) is 2.60. The Morgan fingerprint density at radius 1 is 1.12 bits per heavy atom. The van der Waals surface area contributed by atoms with Crippen molar-refractivity contribution in [1.82, 2.24) is 4.57 Å². The van der Waals surface area contributed by atoms with E-state index in [4.69, 9.17) is 4.74 Å². The molecular weight excluding hydrogens is 214 g/mol. The number of ether oxygens (including phenoxy) is 1. The van der Waals surface area contributed by atoms with E-state index < -0.39 is 0 Å². The minimum atomic E-state index is -0.00685. The van der Waals surface area contributed by atoms with Gasteiger partial charge in [0.15, 0.2) is 0 Å². The Balaban J connectivity index is 2.54. The van der Waals surface area contributed by atoms with Gasteiger partial charge in [-0.25, -0.2) is 0 Å². The maximum Gasteiger partial charge on any atom is 0.126 e. The van der Waals surface area contributed by atoms with Gasteiger partial charge >= 0.3 is 0 Å². The molecule has 0 aliphatic heterocycles. The number of nitrogens with zero attached hydrogens (tertiary/aromatic N) is 1. The predicted molar refractivity (Wildman–Crippen MR) is 67.7 cm³/mol. The molecular formula is C14H17NO2. The molecule has 0 fully saturated rings. The van der Waals surface area contributed by atoms with E-state index in [1.54, 1.807) is 7.11 Å². The molecule has 0 aliphatic rings. The second-order valence-electron chi connectivity index (χ2n) is 4.11. The van der Waals surface area contributed by atoms with Crippen molar-refractivity contribution >= 4 is 0 Å². The average Bonchev–Trinajstić information content (AvgIpc) is 2.68. The molecule has 0 aliphatic carbocycles. The fourth-order valence-corrected chi connectivity index (χ4v) is 2.08. The van der Waals surface area contributed by atoms with Gasteiger partial charge in [-0.05, 0) is 32.0 Å². The topological polar surface area (TPSA) is 34.4 Å². The molecule has 0 atom stereocenters. The van der Waals surface area contributed by atoms with E-state index in [9.17, 15) is 5.11 Å². The number of benzene rings is 1. The fraction of sp³-hybridized carbons (Fsp3) is 0.286. The Morgan fingerprint density at radius 3 is 2.29 bits per heavy atom. The van der Waals surface area contributed by atoms with Crippen LogP contribution in [0.15, 0.2) is 30.3 Å². The zero-order valence-electron chi connectivity index (χ0n) is 10.4. The molecule has 3 heteroatoms. The van der Waals surface area contributed by atoms with E-state index >= 15 is 0 Å². The summed E-state index contributed by atoms with van der Waals surface area (Å²) in [6.07, 6.45) is 0. The summed E-state index contributed by atoms with van der Waals surface area (Å²) >= 11 is 0. The van der Waals surface area contributed by atoms with Crippen LogP contribution in [-0.4, -0.2) is 16.8 Å². The van der Waals surface area contributed by atoms with E-state index in [0.717, 1.165) is 17.0 Å². The van der Waals surface area contributed by atoms with Crippen molar-refractivity contribution in [3.05, 3.63) is 47.3 Å². The summed E-state index contributed by atoms with van der Waals surface area (Å²) in [5, 5.41) is 9.19. The van der Waals surface area contributed by atoms with E-state index in [1.165, 1.54) is 11.4 Å². The highest BCUT2D eigenvalue weighted by atomic mass is 16.5. The zero-order valence-corrected chi connectivity index (χ0v) is 10.4. The molecule has 0 unspecified atom stereocenters. The lowest BCUT2D eigenvalue weighted by Crippen LogP contribution is -2.00. The summed E-state index contributed by atoms with van der Waals surface area (Å²) in [7, 11) is 1.62. The van der Waals surface area contributed by atoms with Crippen LogP contribution in [0.3, 0.4) is 0 Å². The largest absolute Gasteiger partial charge is 0.496 e. The monoisotopic (exact) mass is 231 g/mol. The van der Waals surface area contributed by atoms with Gasteiger partial charge in [0.05, 0.1) is 13.7 Å². The van der Waals surface area contributed by atoms with Gasteiger partial charge in [-0.1, -0.05) is 6.07 Å². The number of aromatic nitrogens is 1. The molecule has 17 heavy (non-hydrogen) atoms. The van der Waals surface area contributed by atoms with Crippen LogP contribution >= 0.6 is 0 Å². The van der Waals surface area contributed by atoms with Crippen LogP contribution in [0.25, 0.3) is 5.69 Å². The van der Waals surface area contributed by atoms with Crippen molar-refractivity contribution in [2.24, 2.45) is 0 Å². The van der Waals surface area contributed by atoms with E-state index in [1.807, 2.05) is 18.2 Å². The van der Waals surface area contributed by atoms with Gasteiger partial charge in [0, 0.05) is 28.7 Å². The van der Waals surface area contributed by atoms with Crippen molar-refractivity contribution in [3.63, 3.8) is 0 Å². The quantitative estimate of drug-likeness (QED) is 0.881. The van der Waals surface area contributed by atoms with Gasteiger partial charge in [-0.3, -0.25) is 0 Å². The summed E-state index contributed by atoms with van der Waals surface area (Å²) in [4.78, 5) is 0. The molecule has 3 nitrogen and oxygen atoms in total. The summed E-state index contributed by atoms with van der Waals surface area (Å²) in [5.74, 6) is 0.720. The maximum absolute atomic E-state index is 9.19. The molecule has 0 radical (unpaired) electrons. The highest BCUT2D eigenvalue weighted by Gasteiger charge is 2.07. The highest BCUT2D eigenvalue weighted by molar-refractivity contribution is 5.46. The van der Waals surface area contributed by atoms with Gasteiger partial charge < -0.3 is 14.4 Å². The summed E-state index contributed by atoms with van der Waals surface area (Å²) in [5.41, 5.74) is 4.22. The lowest BCUT2D eigenvalue weighted by molar-refractivity contribution is 0.274. The first kappa shape index (κ1) is 11.7. The Hall–Kier alpha value is -1.74. The smallest absolute Gasteiger partial charge is 0.126 e. The number of hydrogen-bond donors (Lipinski definition) is 1. The molecule has 0 amide bonds. The number of rotatable bonds is 3. The van der Waals surface area contributed by atoms with Crippen LogP contribution in [0.4, 0.5) is 0 Å². The second-order valence-corrected chi connectivity index (χ2v) is 4.11. The zero-order chi connectivity index (χ0) is 12.4. The van der Waals surface area contributed by atoms with Crippen LogP contribution in [-0.2, 0) is 6.61 Å². The Morgan fingerprint density at radius 2 is 1.76 bits per heavy atom. The standard InChI is InChI=1S/C14H17NO2/c1-10-4-5-11(2)15(10)13-7-6-12(9-16)14(8-13)17-3/h4-8,16H,9H2,1-3H3. The third kappa shape index (κ3) is 2.06. The molecule has 0 saturated carbocycles. The third-order valence-corrected chi connectivity index (χ3v) is 2.97. The molecule has 0 spiro atoms. The summed E-state index contributed by atoms with van der Waals surface area (Å²) in [6.45, 7) is 4.13. The molecule has 1 aromatic heterocycles. The first-order valence-corrected chi connectivity index (χ1v) is 5.60. The van der Waals surface area contributed by atoms with Gasteiger partial charge in [-0.15, -0.1) is 0 Å². The van der Waals surface area contributed by atoms with Gasteiger partial charge in [-0.2, -0.15) is 0 Å².